The summed E-state index contributed by atoms with van der Waals surface area (Å²) in [5, 5.41) is 9.35. The molecule has 0 saturated heterocycles. The predicted molar refractivity (Wildman–Crippen MR) is 99.4 cm³/mol. The van der Waals surface area contributed by atoms with E-state index in [2.05, 4.69) is 6.07 Å². The quantitative estimate of drug-likeness (QED) is 0.739. The van der Waals surface area contributed by atoms with Crippen molar-refractivity contribution in [3.63, 3.8) is 0 Å². The molecule has 25 heavy (non-hydrogen) atoms. The third-order valence-electron chi connectivity index (χ3n) is 3.84. The highest BCUT2D eigenvalue weighted by Crippen LogP contribution is 2.30. The molecule has 0 aliphatic rings. The number of nitrogens with zero attached hydrogens (tertiary/aromatic N) is 2. The van der Waals surface area contributed by atoms with Crippen LogP contribution in [-0.4, -0.2) is 30.5 Å². The number of carbonyl (C=O) groups excluding carboxylic acids is 1. The Balaban J connectivity index is 2.01. The van der Waals surface area contributed by atoms with Gasteiger partial charge in [-0.3, -0.25) is 4.79 Å². The number of benzene rings is 2. The van der Waals surface area contributed by atoms with Crippen molar-refractivity contribution < 1.29 is 9.53 Å². The van der Waals surface area contributed by atoms with E-state index in [0.29, 0.717) is 23.9 Å². The van der Waals surface area contributed by atoms with E-state index in [1.807, 2.05) is 49.4 Å². The summed E-state index contributed by atoms with van der Waals surface area (Å²) in [5.41, 5.74) is 2.05. The summed E-state index contributed by atoms with van der Waals surface area (Å²) < 4.78 is 5.58. The molecule has 0 heterocycles. The number of carbonyl (C=O) groups is 1. The Morgan fingerprint density at radius 1 is 1.24 bits per heavy atom. The summed E-state index contributed by atoms with van der Waals surface area (Å²) >= 11 is 6.29. The number of likely N-dealkylation sites (N-methyl/N-ethyl adjacent to an activating group) is 1. The first-order valence-electron chi connectivity index (χ1n) is 8.20. The van der Waals surface area contributed by atoms with Crippen LogP contribution in [0.25, 0.3) is 11.1 Å². The Morgan fingerprint density at radius 3 is 2.56 bits per heavy atom. The maximum absolute atomic E-state index is 12.2. The molecule has 0 radical (unpaired) electrons. The van der Waals surface area contributed by atoms with Gasteiger partial charge < -0.3 is 9.64 Å². The first-order valence-corrected chi connectivity index (χ1v) is 8.58. The summed E-state index contributed by atoms with van der Waals surface area (Å²) in [4.78, 5) is 13.9. The average molecular weight is 357 g/mol. The maximum Gasteiger partial charge on any atom is 0.260 e. The van der Waals surface area contributed by atoms with Gasteiger partial charge in [-0.05, 0) is 37.1 Å². The molecule has 0 bridgehead atoms. The number of hydrogen-bond acceptors (Lipinski definition) is 3. The predicted octanol–water partition coefficient (Wildman–Crippen LogP) is 4.39. The molecule has 0 aliphatic heterocycles. The Kier molecular flexibility index (Phi) is 6.85. The molecule has 1 unspecified atom stereocenters. The van der Waals surface area contributed by atoms with E-state index in [1.165, 1.54) is 0 Å². The van der Waals surface area contributed by atoms with Crippen molar-refractivity contribution in [1.29, 1.82) is 5.26 Å². The van der Waals surface area contributed by atoms with Crippen LogP contribution >= 0.6 is 11.6 Å². The van der Waals surface area contributed by atoms with Gasteiger partial charge in [0.1, 0.15) is 5.75 Å². The molecule has 2 aromatic rings. The topological polar surface area (TPSA) is 53.3 Å². The maximum atomic E-state index is 12.2. The van der Waals surface area contributed by atoms with Crippen LogP contribution in [0.4, 0.5) is 0 Å². The van der Waals surface area contributed by atoms with Crippen molar-refractivity contribution in [2.24, 2.45) is 5.92 Å². The lowest BCUT2D eigenvalue weighted by Gasteiger charge is -2.22. The van der Waals surface area contributed by atoms with E-state index in [4.69, 9.17) is 21.6 Å². The largest absolute Gasteiger partial charge is 0.482 e. The van der Waals surface area contributed by atoms with Crippen molar-refractivity contribution >= 4 is 17.5 Å². The Hall–Kier alpha value is -2.51. The summed E-state index contributed by atoms with van der Waals surface area (Å²) in [7, 11) is 0. The van der Waals surface area contributed by atoms with Crippen LogP contribution in [0.15, 0.2) is 48.5 Å². The highest BCUT2D eigenvalue weighted by Gasteiger charge is 2.16. The minimum absolute atomic E-state index is 0.101. The fourth-order valence-electron chi connectivity index (χ4n) is 2.44. The van der Waals surface area contributed by atoms with Crippen LogP contribution < -0.4 is 4.74 Å². The highest BCUT2D eigenvalue weighted by molar-refractivity contribution is 6.32. The molecule has 130 valence electrons. The normalized spacial score (nSPS) is 11.4. The van der Waals surface area contributed by atoms with E-state index >= 15 is 0 Å². The number of nitriles is 1. The van der Waals surface area contributed by atoms with Crippen LogP contribution in [0.3, 0.4) is 0 Å². The van der Waals surface area contributed by atoms with Crippen LogP contribution in [0.2, 0.25) is 5.02 Å². The molecule has 0 fully saturated rings. The number of halogens is 1. The lowest BCUT2D eigenvalue weighted by atomic mass is 10.1. The van der Waals surface area contributed by atoms with Gasteiger partial charge in [-0.15, -0.1) is 0 Å². The van der Waals surface area contributed by atoms with Crippen molar-refractivity contribution in [2.45, 2.75) is 13.8 Å². The van der Waals surface area contributed by atoms with Gasteiger partial charge >= 0.3 is 0 Å². The Labute approximate surface area is 153 Å². The summed E-state index contributed by atoms with van der Waals surface area (Å²) in [6.07, 6.45) is 0. The molecule has 0 aliphatic carbocycles. The summed E-state index contributed by atoms with van der Waals surface area (Å²) in [6, 6.07) is 17.5. The van der Waals surface area contributed by atoms with Gasteiger partial charge in [-0.25, -0.2) is 0 Å². The van der Waals surface area contributed by atoms with E-state index < -0.39 is 0 Å². The van der Waals surface area contributed by atoms with Crippen LogP contribution in [-0.2, 0) is 4.79 Å². The van der Waals surface area contributed by atoms with Crippen LogP contribution in [0.1, 0.15) is 13.8 Å². The molecule has 0 aromatic heterocycles. The Bertz CT molecular complexity index is 756. The second-order valence-electron chi connectivity index (χ2n) is 5.76. The van der Waals surface area contributed by atoms with Crippen molar-refractivity contribution in [2.75, 3.05) is 19.7 Å². The first-order chi connectivity index (χ1) is 12.0. The van der Waals surface area contributed by atoms with Gasteiger partial charge in [0, 0.05) is 13.1 Å². The molecule has 2 rings (SSSR count). The van der Waals surface area contributed by atoms with Crippen LogP contribution in [0.5, 0.6) is 5.75 Å². The van der Waals surface area contributed by atoms with Gasteiger partial charge in [0.05, 0.1) is 17.0 Å². The average Bonchev–Trinajstić information content (AvgIpc) is 2.65. The monoisotopic (exact) mass is 356 g/mol. The summed E-state index contributed by atoms with van der Waals surface area (Å²) in [5.74, 6) is 0.101. The first kappa shape index (κ1) is 18.8. The summed E-state index contributed by atoms with van der Waals surface area (Å²) in [6.45, 7) is 4.50. The van der Waals surface area contributed by atoms with Gasteiger partial charge in [0.15, 0.2) is 6.61 Å². The molecule has 1 atom stereocenters. The second-order valence-corrected chi connectivity index (χ2v) is 6.17. The van der Waals surface area contributed by atoms with E-state index in [1.54, 1.807) is 17.9 Å². The molecule has 0 spiro atoms. The zero-order valence-corrected chi connectivity index (χ0v) is 15.2. The van der Waals surface area contributed by atoms with E-state index in [9.17, 15) is 4.79 Å². The molecular formula is C20H21ClN2O2. The lowest BCUT2D eigenvalue weighted by molar-refractivity contribution is -0.133. The lowest BCUT2D eigenvalue weighted by Crippen LogP contribution is -2.37. The number of ether oxygens (including phenoxy) is 1. The van der Waals surface area contributed by atoms with Gasteiger partial charge in [-0.1, -0.05) is 48.0 Å². The van der Waals surface area contributed by atoms with E-state index in [-0.39, 0.29) is 18.4 Å². The fraction of sp³-hybridized carbons (Fsp3) is 0.300. The molecule has 2 aromatic carbocycles. The zero-order chi connectivity index (χ0) is 18.2. The third kappa shape index (κ3) is 5.23. The molecule has 1 amide bonds. The minimum Gasteiger partial charge on any atom is -0.482 e. The standard InChI is InChI=1S/C20H21ClN2O2/c1-3-23(13-15(2)12-22)20(24)14-25-19-10-9-17(11-18(19)21)16-7-5-4-6-8-16/h4-11,15H,3,13-14H2,1-2H3. The fourth-order valence-corrected chi connectivity index (χ4v) is 2.67. The van der Waals surface area contributed by atoms with Gasteiger partial charge in [-0.2, -0.15) is 5.26 Å². The van der Waals surface area contributed by atoms with Crippen LogP contribution in [0, 0.1) is 17.2 Å². The van der Waals surface area contributed by atoms with Crippen molar-refractivity contribution in [3.8, 4) is 22.9 Å². The van der Waals surface area contributed by atoms with Gasteiger partial charge in [0.2, 0.25) is 0 Å². The van der Waals surface area contributed by atoms with Gasteiger partial charge in [0.25, 0.3) is 5.91 Å². The van der Waals surface area contributed by atoms with Crippen molar-refractivity contribution in [3.05, 3.63) is 53.6 Å². The minimum atomic E-state index is -0.211. The Morgan fingerprint density at radius 2 is 1.96 bits per heavy atom. The zero-order valence-electron chi connectivity index (χ0n) is 14.4. The molecule has 5 heteroatoms. The smallest absolute Gasteiger partial charge is 0.260 e. The highest BCUT2D eigenvalue weighted by atomic mass is 35.5. The van der Waals surface area contributed by atoms with Crippen molar-refractivity contribution in [1.82, 2.24) is 4.90 Å². The second kappa shape index (κ2) is 9.10. The third-order valence-corrected chi connectivity index (χ3v) is 4.13. The molecular weight excluding hydrogens is 336 g/mol. The molecule has 0 N–H and O–H groups in total. The molecule has 0 saturated carbocycles. The number of hydrogen-bond donors (Lipinski definition) is 0. The number of amides is 1. The molecule has 4 nitrogen and oxygen atoms in total. The SMILES string of the molecule is CCN(CC(C)C#N)C(=O)COc1ccc(-c2ccccc2)cc1Cl. The van der Waals surface area contributed by atoms with E-state index in [0.717, 1.165) is 11.1 Å². The number of rotatable bonds is 7.